The molecule has 0 unspecified atom stereocenters. The van der Waals surface area contributed by atoms with Crippen molar-refractivity contribution in [2.75, 3.05) is 11.9 Å². The lowest BCUT2D eigenvalue weighted by atomic mass is 10.1. The average Bonchev–Trinajstić information content (AvgIpc) is 2.95. The Kier molecular flexibility index (Phi) is 4.83. The van der Waals surface area contributed by atoms with Crippen molar-refractivity contribution in [3.8, 4) is 0 Å². The third-order valence-electron chi connectivity index (χ3n) is 3.60. The number of rotatable bonds is 7. The van der Waals surface area contributed by atoms with E-state index in [1.54, 1.807) is 4.52 Å². The van der Waals surface area contributed by atoms with Gasteiger partial charge in [0.15, 0.2) is 11.5 Å². The Hall–Kier alpha value is -2.47. The van der Waals surface area contributed by atoms with Crippen LogP contribution in [0.5, 0.6) is 0 Å². The maximum atomic E-state index is 5.66. The highest BCUT2D eigenvalue weighted by Gasteiger charge is 2.05. The van der Waals surface area contributed by atoms with Gasteiger partial charge in [-0.2, -0.15) is 4.52 Å². The van der Waals surface area contributed by atoms with E-state index < -0.39 is 0 Å². The SMILES string of the molecule is CCCOCc1ccccc1CNc1ccc2nnc(C)n2n1. The number of anilines is 1. The topological polar surface area (TPSA) is 64.3 Å². The maximum Gasteiger partial charge on any atom is 0.178 e. The van der Waals surface area contributed by atoms with Gasteiger partial charge in [-0.15, -0.1) is 15.3 Å². The molecule has 0 bridgehead atoms. The second-order valence-electron chi connectivity index (χ2n) is 5.41. The van der Waals surface area contributed by atoms with Crippen molar-refractivity contribution in [3.05, 3.63) is 53.3 Å². The van der Waals surface area contributed by atoms with Crippen LogP contribution in [0.1, 0.15) is 30.3 Å². The molecule has 0 spiro atoms. The lowest BCUT2D eigenvalue weighted by Crippen LogP contribution is -2.07. The molecule has 23 heavy (non-hydrogen) atoms. The molecule has 6 nitrogen and oxygen atoms in total. The molecule has 6 heteroatoms. The van der Waals surface area contributed by atoms with Gasteiger partial charge in [0.2, 0.25) is 0 Å². The molecule has 0 amide bonds. The number of nitrogens with one attached hydrogen (secondary N) is 1. The summed E-state index contributed by atoms with van der Waals surface area (Å²) in [6.45, 7) is 6.13. The van der Waals surface area contributed by atoms with Crippen LogP contribution in [0.3, 0.4) is 0 Å². The largest absolute Gasteiger partial charge is 0.377 e. The molecular weight excluding hydrogens is 290 g/mol. The molecule has 2 heterocycles. The Morgan fingerprint density at radius 1 is 1.09 bits per heavy atom. The fraction of sp³-hybridized carbons (Fsp3) is 0.353. The fourth-order valence-corrected chi connectivity index (χ4v) is 2.37. The van der Waals surface area contributed by atoms with Gasteiger partial charge < -0.3 is 10.1 Å². The van der Waals surface area contributed by atoms with Gasteiger partial charge in [-0.05, 0) is 36.6 Å². The molecule has 1 aromatic carbocycles. The first-order valence-electron chi connectivity index (χ1n) is 7.85. The molecule has 0 atom stereocenters. The Balaban J connectivity index is 1.70. The normalized spacial score (nSPS) is 11.0. The Morgan fingerprint density at radius 2 is 1.91 bits per heavy atom. The zero-order chi connectivity index (χ0) is 16.1. The first-order chi connectivity index (χ1) is 11.3. The number of aromatic nitrogens is 4. The van der Waals surface area contributed by atoms with Gasteiger partial charge in [-0.3, -0.25) is 0 Å². The van der Waals surface area contributed by atoms with Crippen LogP contribution >= 0.6 is 0 Å². The van der Waals surface area contributed by atoms with Crippen molar-refractivity contribution in [2.24, 2.45) is 0 Å². The van der Waals surface area contributed by atoms with E-state index in [2.05, 4.69) is 39.7 Å². The summed E-state index contributed by atoms with van der Waals surface area (Å²) in [4.78, 5) is 0. The maximum absolute atomic E-state index is 5.66. The van der Waals surface area contributed by atoms with Gasteiger partial charge in [0.1, 0.15) is 5.82 Å². The smallest absolute Gasteiger partial charge is 0.178 e. The molecule has 0 saturated heterocycles. The second kappa shape index (κ2) is 7.19. The number of hydrogen-bond acceptors (Lipinski definition) is 5. The lowest BCUT2D eigenvalue weighted by molar-refractivity contribution is 0.121. The van der Waals surface area contributed by atoms with Crippen molar-refractivity contribution in [1.82, 2.24) is 19.8 Å². The van der Waals surface area contributed by atoms with Crippen LogP contribution in [-0.4, -0.2) is 26.4 Å². The van der Waals surface area contributed by atoms with E-state index in [0.29, 0.717) is 13.2 Å². The van der Waals surface area contributed by atoms with Crippen molar-refractivity contribution >= 4 is 11.5 Å². The standard InChI is InChI=1S/C17H21N5O/c1-3-10-23-12-15-7-5-4-6-14(15)11-18-16-8-9-17-20-19-13(2)22(17)21-16/h4-9H,3,10-12H2,1-2H3,(H,18,21). The molecule has 3 rings (SSSR count). The van der Waals surface area contributed by atoms with E-state index in [4.69, 9.17) is 4.74 Å². The van der Waals surface area contributed by atoms with Crippen LogP contribution in [0.4, 0.5) is 5.82 Å². The summed E-state index contributed by atoms with van der Waals surface area (Å²) < 4.78 is 7.40. The molecule has 120 valence electrons. The van der Waals surface area contributed by atoms with Gasteiger partial charge in [0.25, 0.3) is 0 Å². The molecule has 0 aliphatic heterocycles. The quantitative estimate of drug-likeness (QED) is 0.680. The lowest BCUT2D eigenvalue weighted by Gasteiger charge is -2.11. The van der Waals surface area contributed by atoms with Crippen molar-refractivity contribution in [3.63, 3.8) is 0 Å². The number of nitrogens with zero attached hydrogens (tertiary/aromatic N) is 4. The molecule has 3 aromatic rings. The van der Waals surface area contributed by atoms with Crippen LogP contribution < -0.4 is 5.32 Å². The second-order valence-corrected chi connectivity index (χ2v) is 5.41. The molecule has 0 aliphatic carbocycles. The third kappa shape index (κ3) is 3.65. The third-order valence-corrected chi connectivity index (χ3v) is 3.60. The van der Waals surface area contributed by atoms with Crippen molar-refractivity contribution in [1.29, 1.82) is 0 Å². The van der Waals surface area contributed by atoms with Gasteiger partial charge in [0.05, 0.1) is 6.61 Å². The molecule has 2 aromatic heterocycles. The molecule has 0 saturated carbocycles. The van der Waals surface area contributed by atoms with E-state index in [-0.39, 0.29) is 0 Å². The van der Waals surface area contributed by atoms with Crippen LogP contribution in [0.2, 0.25) is 0 Å². The van der Waals surface area contributed by atoms with Gasteiger partial charge in [-0.25, -0.2) is 0 Å². The molecule has 0 aliphatic rings. The van der Waals surface area contributed by atoms with E-state index in [9.17, 15) is 0 Å². The minimum Gasteiger partial charge on any atom is -0.377 e. The van der Waals surface area contributed by atoms with Crippen LogP contribution in [-0.2, 0) is 17.9 Å². The Morgan fingerprint density at radius 3 is 2.74 bits per heavy atom. The molecule has 0 fully saturated rings. The first-order valence-corrected chi connectivity index (χ1v) is 7.85. The molecular formula is C17H21N5O. The number of benzene rings is 1. The van der Waals surface area contributed by atoms with Gasteiger partial charge in [0, 0.05) is 13.2 Å². The zero-order valence-corrected chi connectivity index (χ0v) is 13.5. The van der Waals surface area contributed by atoms with Crippen LogP contribution in [0.15, 0.2) is 36.4 Å². The van der Waals surface area contributed by atoms with Crippen LogP contribution in [0.25, 0.3) is 5.65 Å². The minimum atomic E-state index is 0.642. The number of hydrogen-bond donors (Lipinski definition) is 1. The summed E-state index contributed by atoms with van der Waals surface area (Å²) in [5, 5.41) is 15.9. The molecule has 0 radical (unpaired) electrons. The summed E-state index contributed by atoms with van der Waals surface area (Å²) in [5.41, 5.74) is 3.17. The number of aryl methyl sites for hydroxylation is 1. The van der Waals surface area contributed by atoms with Crippen molar-refractivity contribution in [2.45, 2.75) is 33.4 Å². The van der Waals surface area contributed by atoms with Gasteiger partial charge >= 0.3 is 0 Å². The van der Waals surface area contributed by atoms with E-state index in [1.165, 1.54) is 11.1 Å². The van der Waals surface area contributed by atoms with Crippen molar-refractivity contribution < 1.29 is 4.74 Å². The highest BCUT2D eigenvalue weighted by molar-refractivity contribution is 5.44. The summed E-state index contributed by atoms with van der Waals surface area (Å²) in [5.74, 6) is 1.57. The average molecular weight is 311 g/mol. The monoisotopic (exact) mass is 311 g/mol. The van der Waals surface area contributed by atoms with Gasteiger partial charge in [-0.1, -0.05) is 31.2 Å². The first kappa shape index (κ1) is 15.4. The Bertz CT molecular complexity index is 784. The van der Waals surface area contributed by atoms with E-state index in [1.807, 2.05) is 31.2 Å². The van der Waals surface area contributed by atoms with Crippen LogP contribution in [0, 0.1) is 6.92 Å². The predicted octanol–water partition coefficient (Wildman–Crippen LogP) is 2.97. The molecule has 1 N–H and O–H groups in total. The number of ether oxygens (including phenoxy) is 1. The van der Waals surface area contributed by atoms with E-state index in [0.717, 1.165) is 30.3 Å². The predicted molar refractivity (Wildman–Crippen MR) is 89.2 cm³/mol. The minimum absolute atomic E-state index is 0.642. The summed E-state index contributed by atoms with van der Waals surface area (Å²) in [7, 11) is 0. The summed E-state index contributed by atoms with van der Waals surface area (Å²) >= 11 is 0. The fourth-order valence-electron chi connectivity index (χ4n) is 2.37. The highest BCUT2D eigenvalue weighted by Crippen LogP contribution is 2.13. The zero-order valence-electron chi connectivity index (χ0n) is 13.5. The highest BCUT2D eigenvalue weighted by atomic mass is 16.5. The van der Waals surface area contributed by atoms with E-state index >= 15 is 0 Å². The summed E-state index contributed by atoms with van der Waals surface area (Å²) in [6, 6.07) is 12.1. The summed E-state index contributed by atoms with van der Waals surface area (Å²) in [6.07, 6.45) is 1.03. The Labute approximate surface area is 135 Å². The number of fused-ring (bicyclic) bond motifs is 1.